The maximum absolute atomic E-state index is 10.5. The molecule has 0 aromatic rings. The summed E-state index contributed by atoms with van der Waals surface area (Å²) in [6, 6.07) is 0. The molecule has 2 rings (SSSR count). The summed E-state index contributed by atoms with van der Waals surface area (Å²) in [5, 5.41) is 10.5. The Morgan fingerprint density at radius 2 is 2.19 bits per heavy atom. The highest BCUT2D eigenvalue weighted by molar-refractivity contribution is 4.98. The quantitative estimate of drug-likeness (QED) is 0.721. The smallest absolute Gasteiger partial charge is 0.0923 e. The summed E-state index contributed by atoms with van der Waals surface area (Å²) in [6.45, 7) is 7.78. The van der Waals surface area contributed by atoms with Crippen molar-refractivity contribution in [3.8, 4) is 0 Å². The minimum absolute atomic E-state index is 0.0999. The van der Waals surface area contributed by atoms with Crippen LogP contribution in [-0.4, -0.2) is 54.0 Å². The summed E-state index contributed by atoms with van der Waals surface area (Å²) in [7, 11) is 0. The molecule has 4 nitrogen and oxygen atoms in total. The molecule has 1 saturated carbocycles. The minimum atomic E-state index is -0.673. The highest BCUT2D eigenvalue weighted by Crippen LogP contribution is 2.40. The lowest BCUT2D eigenvalue weighted by atomic mass is 9.96. The number of hydrogen-bond acceptors (Lipinski definition) is 4. The van der Waals surface area contributed by atoms with Gasteiger partial charge in [-0.3, -0.25) is 4.90 Å². The highest BCUT2D eigenvalue weighted by atomic mass is 16.5. The van der Waals surface area contributed by atoms with Crippen LogP contribution in [0.15, 0.2) is 0 Å². The highest BCUT2D eigenvalue weighted by Gasteiger charge is 2.44. The fraction of sp³-hybridized carbons (Fsp3) is 1.00. The van der Waals surface area contributed by atoms with Gasteiger partial charge in [-0.15, -0.1) is 0 Å². The van der Waals surface area contributed by atoms with Gasteiger partial charge in [0.15, 0.2) is 0 Å². The molecule has 2 fully saturated rings. The fourth-order valence-corrected chi connectivity index (χ4v) is 2.62. The molecule has 1 saturated heterocycles. The summed E-state index contributed by atoms with van der Waals surface area (Å²) in [6.07, 6.45) is 2.25. The summed E-state index contributed by atoms with van der Waals surface area (Å²) < 4.78 is 5.67. The maximum atomic E-state index is 10.5. The average molecular weight is 228 g/mol. The lowest BCUT2D eigenvalue weighted by Crippen LogP contribution is -2.56. The topological polar surface area (TPSA) is 58.7 Å². The van der Waals surface area contributed by atoms with Crippen LogP contribution in [0.25, 0.3) is 0 Å². The zero-order chi connectivity index (χ0) is 11.8. The van der Waals surface area contributed by atoms with Gasteiger partial charge in [-0.25, -0.2) is 0 Å². The zero-order valence-electron chi connectivity index (χ0n) is 10.4. The molecule has 94 valence electrons. The first-order valence-corrected chi connectivity index (χ1v) is 6.24. The molecule has 1 aliphatic carbocycles. The van der Waals surface area contributed by atoms with Crippen LogP contribution in [0.4, 0.5) is 0 Å². The number of nitrogens with zero attached hydrogens (tertiary/aromatic N) is 1. The van der Waals surface area contributed by atoms with Gasteiger partial charge in [0.2, 0.25) is 0 Å². The Hall–Kier alpha value is -0.160. The Labute approximate surface area is 97.7 Å². The van der Waals surface area contributed by atoms with Crippen molar-refractivity contribution < 1.29 is 9.84 Å². The van der Waals surface area contributed by atoms with Gasteiger partial charge in [0.25, 0.3) is 0 Å². The van der Waals surface area contributed by atoms with E-state index in [0.717, 1.165) is 32.5 Å². The Kier molecular flexibility index (Phi) is 3.27. The van der Waals surface area contributed by atoms with Gasteiger partial charge in [-0.1, -0.05) is 0 Å². The first kappa shape index (κ1) is 12.3. The average Bonchev–Trinajstić information content (AvgIpc) is 2.99. The van der Waals surface area contributed by atoms with E-state index in [1.54, 1.807) is 0 Å². The molecule has 0 aromatic carbocycles. The SMILES string of the molecule is CC1(C)CN(CC(O)(CN)C2CC2)CCO1. The number of β-amino-alcohol motifs (C(OH)–C–C–N with tert-alkyl or cyclic N) is 1. The van der Waals surface area contributed by atoms with Gasteiger partial charge in [-0.2, -0.15) is 0 Å². The van der Waals surface area contributed by atoms with Crippen molar-refractivity contribution in [3.05, 3.63) is 0 Å². The van der Waals surface area contributed by atoms with Crippen molar-refractivity contribution in [2.45, 2.75) is 37.9 Å². The number of nitrogens with two attached hydrogens (primary N) is 1. The van der Waals surface area contributed by atoms with Crippen LogP contribution in [0.5, 0.6) is 0 Å². The predicted octanol–water partition coefficient (Wildman–Crippen LogP) is 0.197. The van der Waals surface area contributed by atoms with Crippen molar-refractivity contribution in [2.75, 3.05) is 32.8 Å². The molecular weight excluding hydrogens is 204 g/mol. The monoisotopic (exact) mass is 228 g/mol. The molecular formula is C12H24N2O2. The van der Waals surface area contributed by atoms with E-state index in [2.05, 4.69) is 18.7 Å². The number of rotatable bonds is 4. The maximum Gasteiger partial charge on any atom is 0.0923 e. The Morgan fingerprint density at radius 3 is 2.69 bits per heavy atom. The van der Waals surface area contributed by atoms with Crippen LogP contribution in [0.3, 0.4) is 0 Å². The zero-order valence-corrected chi connectivity index (χ0v) is 10.4. The van der Waals surface area contributed by atoms with Gasteiger partial charge >= 0.3 is 0 Å². The van der Waals surface area contributed by atoms with Crippen molar-refractivity contribution in [1.29, 1.82) is 0 Å². The van der Waals surface area contributed by atoms with Crippen molar-refractivity contribution in [2.24, 2.45) is 11.7 Å². The first-order chi connectivity index (χ1) is 7.45. The predicted molar refractivity (Wildman–Crippen MR) is 63.2 cm³/mol. The molecule has 0 spiro atoms. The van der Waals surface area contributed by atoms with Crippen LogP contribution >= 0.6 is 0 Å². The number of morpholine rings is 1. The van der Waals surface area contributed by atoms with Crippen molar-refractivity contribution in [1.82, 2.24) is 4.90 Å². The second-order valence-corrected chi connectivity index (χ2v) is 5.90. The summed E-state index contributed by atoms with van der Waals surface area (Å²) >= 11 is 0. The Morgan fingerprint density at radius 1 is 1.50 bits per heavy atom. The largest absolute Gasteiger partial charge is 0.387 e. The van der Waals surface area contributed by atoms with E-state index in [4.69, 9.17) is 10.5 Å². The summed E-state index contributed by atoms with van der Waals surface area (Å²) in [4.78, 5) is 2.29. The van der Waals surface area contributed by atoms with E-state index < -0.39 is 5.60 Å². The molecule has 3 N–H and O–H groups in total. The number of ether oxygens (including phenoxy) is 1. The Balaban J connectivity index is 1.92. The second kappa shape index (κ2) is 4.26. The number of aliphatic hydroxyl groups is 1. The van der Waals surface area contributed by atoms with E-state index in [0.29, 0.717) is 19.0 Å². The fourth-order valence-electron chi connectivity index (χ4n) is 2.62. The normalized spacial score (nSPS) is 30.0. The molecule has 1 aliphatic heterocycles. The van der Waals surface area contributed by atoms with E-state index in [-0.39, 0.29) is 5.60 Å². The molecule has 1 atom stereocenters. The van der Waals surface area contributed by atoms with Gasteiger partial charge in [0, 0.05) is 26.2 Å². The first-order valence-electron chi connectivity index (χ1n) is 6.24. The molecule has 0 radical (unpaired) electrons. The van der Waals surface area contributed by atoms with Gasteiger partial charge < -0.3 is 15.6 Å². The van der Waals surface area contributed by atoms with Crippen LogP contribution in [0, 0.1) is 5.92 Å². The third-order valence-electron chi connectivity index (χ3n) is 3.69. The molecule has 1 heterocycles. The third kappa shape index (κ3) is 2.74. The molecule has 0 amide bonds. The lowest BCUT2D eigenvalue weighted by molar-refractivity contribution is -0.108. The molecule has 0 aromatic heterocycles. The third-order valence-corrected chi connectivity index (χ3v) is 3.69. The standard InChI is InChI=1S/C12H24N2O2/c1-11(2)8-14(5-6-16-11)9-12(15,7-13)10-3-4-10/h10,15H,3-9,13H2,1-2H3. The number of hydrogen-bond donors (Lipinski definition) is 2. The van der Waals surface area contributed by atoms with Gasteiger partial charge in [0.05, 0.1) is 17.8 Å². The minimum Gasteiger partial charge on any atom is -0.387 e. The van der Waals surface area contributed by atoms with Crippen LogP contribution in [-0.2, 0) is 4.74 Å². The van der Waals surface area contributed by atoms with E-state index in [1.807, 2.05) is 0 Å². The molecule has 1 unspecified atom stereocenters. The van der Waals surface area contributed by atoms with E-state index in [9.17, 15) is 5.11 Å². The molecule has 2 aliphatic rings. The van der Waals surface area contributed by atoms with E-state index >= 15 is 0 Å². The van der Waals surface area contributed by atoms with E-state index in [1.165, 1.54) is 0 Å². The summed E-state index contributed by atoms with van der Waals surface area (Å²) in [5.41, 5.74) is 4.95. The van der Waals surface area contributed by atoms with Crippen molar-refractivity contribution in [3.63, 3.8) is 0 Å². The van der Waals surface area contributed by atoms with Crippen LogP contribution < -0.4 is 5.73 Å². The van der Waals surface area contributed by atoms with Crippen LogP contribution in [0.2, 0.25) is 0 Å². The Bertz CT molecular complexity index is 253. The lowest BCUT2D eigenvalue weighted by Gasteiger charge is -2.41. The van der Waals surface area contributed by atoms with Gasteiger partial charge in [-0.05, 0) is 32.6 Å². The molecule has 4 heteroatoms. The second-order valence-electron chi connectivity index (χ2n) is 5.90. The molecule has 0 bridgehead atoms. The van der Waals surface area contributed by atoms with Gasteiger partial charge in [0.1, 0.15) is 0 Å². The van der Waals surface area contributed by atoms with Crippen LogP contribution in [0.1, 0.15) is 26.7 Å². The molecule has 16 heavy (non-hydrogen) atoms. The summed E-state index contributed by atoms with van der Waals surface area (Å²) in [5.74, 6) is 0.420. The van der Waals surface area contributed by atoms with Crippen molar-refractivity contribution >= 4 is 0 Å².